The van der Waals surface area contributed by atoms with Crippen molar-refractivity contribution in [3.8, 4) is 0 Å². The van der Waals surface area contributed by atoms with E-state index in [1.54, 1.807) is 0 Å². The third-order valence-electron chi connectivity index (χ3n) is 14.8. The molecule has 1 amide bonds. The standard InChI is InChI=1S/C64H123NO5/c1-3-5-7-9-11-13-15-17-19-20-27-30-34-38-42-46-50-54-58-64(69)70-59-55-51-47-43-39-35-31-28-25-23-21-22-24-26-29-33-37-41-45-49-53-57-63(68)65-61(60-66)62(67)56-52-48-44-40-36-32-18-16-14-12-10-8-6-4-2/h13,15,19-20,61-62,66-67H,3-12,14,16-18,21-60H2,1-2H3,(H,65,68)/b15-13-,20-19-. The highest BCUT2D eigenvalue weighted by Gasteiger charge is 2.20. The summed E-state index contributed by atoms with van der Waals surface area (Å²) in [4.78, 5) is 24.6. The van der Waals surface area contributed by atoms with Crippen molar-refractivity contribution in [2.75, 3.05) is 13.2 Å². The number of aliphatic hydroxyl groups is 2. The summed E-state index contributed by atoms with van der Waals surface area (Å²) in [5, 5.41) is 23.3. The Morgan fingerprint density at radius 1 is 0.400 bits per heavy atom. The second-order valence-electron chi connectivity index (χ2n) is 21.7. The largest absolute Gasteiger partial charge is 0.466 e. The molecule has 3 N–H and O–H groups in total. The molecule has 0 aromatic heterocycles. The highest BCUT2D eigenvalue weighted by molar-refractivity contribution is 5.76. The minimum atomic E-state index is -0.664. The smallest absolute Gasteiger partial charge is 0.305 e. The Balaban J connectivity index is 3.37. The zero-order chi connectivity index (χ0) is 50.7. The fraction of sp³-hybridized carbons (Fsp3) is 0.906. The van der Waals surface area contributed by atoms with Gasteiger partial charge in [-0.15, -0.1) is 0 Å². The third-order valence-corrected chi connectivity index (χ3v) is 14.8. The van der Waals surface area contributed by atoms with Crippen LogP contribution in [0.15, 0.2) is 24.3 Å². The minimum Gasteiger partial charge on any atom is -0.466 e. The van der Waals surface area contributed by atoms with Crippen LogP contribution in [-0.2, 0) is 14.3 Å². The van der Waals surface area contributed by atoms with Crippen molar-refractivity contribution in [2.45, 2.75) is 360 Å². The Morgan fingerprint density at radius 3 is 1.10 bits per heavy atom. The third kappa shape index (κ3) is 55.7. The lowest BCUT2D eigenvalue weighted by Gasteiger charge is -2.22. The summed E-state index contributed by atoms with van der Waals surface area (Å²) in [6.07, 6.45) is 73.3. The number of hydrogen-bond acceptors (Lipinski definition) is 5. The quantitative estimate of drug-likeness (QED) is 0.0321. The van der Waals surface area contributed by atoms with Crippen molar-refractivity contribution in [3.63, 3.8) is 0 Å². The van der Waals surface area contributed by atoms with Gasteiger partial charge in [-0.1, -0.05) is 301 Å². The minimum absolute atomic E-state index is 0.00518. The Hall–Kier alpha value is -1.66. The maximum Gasteiger partial charge on any atom is 0.305 e. The predicted molar refractivity (Wildman–Crippen MR) is 306 cm³/mol. The normalized spacial score (nSPS) is 12.7. The molecule has 0 saturated carbocycles. The fourth-order valence-corrected chi connectivity index (χ4v) is 9.91. The number of allylic oxidation sites excluding steroid dienone is 4. The number of ether oxygens (including phenoxy) is 1. The molecule has 70 heavy (non-hydrogen) atoms. The summed E-state index contributed by atoms with van der Waals surface area (Å²) in [5.74, 6) is -0.0292. The summed E-state index contributed by atoms with van der Waals surface area (Å²) in [7, 11) is 0. The number of aliphatic hydroxyl groups excluding tert-OH is 2. The maximum absolute atomic E-state index is 12.5. The lowest BCUT2D eigenvalue weighted by molar-refractivity contribution is -0.143. The predicted octanol–water partition coefficient (Wildman–Crippen LogP) is 19.8. The van der Waals surface area contributed by atoms with E-state index in [9.17, 15) is 19.8 Å². The first-order valence-electron chi connectivity index (χ1n) is 31.6. The van der Waals surface area contributed by atoms with E-state index >= 15 is 0 Å². The number of carbonyl (C=O) groups excluding carboxylic acids is 2. The molecule has 0 bridgehead atoms. The summed E-state index contributed by atoms with van der Waals surface area (Å²) >= 11 is 0. The SMILES string of the molecule is CCCCCC/C=C\C/C=C\CCCCCCCCCC(=O)OCCCCCCCCCCCCCCCCCCCCCCCC(=O)NC(CO)C(O)CCCCCCCCCCCCCCCC. The molecule has 0 aromatic rings. The Bertz CT molecular complexity index is 1090. The lowest BCUT2D eigenvalue weighted by Crippen LogP contribution is -2.45. The summed E-state index contributed by atoms with van der Waals surface area (Å²) in [6, 6.07) is -0.542. The van der Waals surface area contributed by atoms with Crippen molar-refractivity contribution in [3.05, 3.63) is 24.3 Å². The van der Waals surface area contributed by atoms with Gasteiger partial charge >= 0.3 is 5.97 Å². The number of amides is 1. The molecule has 0 heterocycles. The molecule has 0 spiro atoms. The molecule has 0 fully saturated rings. The van der Waals surface area contributed by atoms with Crippen LogP contribution in [0.1, 0.15) is 348 Å². The number of nitrogens with one attached hydrogen (secondary N) is 1. The van der Waals surface area contributed by atoms with Gasteiger partial charge in [0.15, 0.2) is 0 Å². The van der Waals surface area contributed by atoms with Crippen molar-refractivity contribution in [1.82, 2.24) is 5.32 Å². The van der Waals surface area contributed by atoms with Gasteiger partial charge in [0, 0.05) is 12.8 Å². The molecule has 0 aliphatic heterocycles. The van der Waals surface area contributed by atoms with Gasteiger partial charge in [-0.25, -0.2) is 0 Å². The zero-order valence-corrected chi connectivity index (χ0v) is 47.3. The van der Waals surface area contributed by atoms with Crippen LogP contribution >= 0.6 is 0 Å². The van der Waals surface area contributed by atoms with Crippen molar-refractivity contribution >= 4 is 11.9 Å². The molecule has 0 aliphatic carbocycles. The summed E-state index contributed by atoms with van der Waals surface area (Å²) in [5.41, 5.74) is 0. The first-order chi connectivity index (χ1) is 34.5. The van der Waals surface area contributed by atoms with Crippen LogP contribution in [0, 0.1) is 0 Å². The van der Waals surface area contributed by atoms with Gasteiger partial charge in [0.05, 0.1) is 25.4 Å². The van der Waals surface area contributed by atoms with E-state index in [0.29, 0.717) is 25.9 Å². The van der Waals surface area contributed by atoms with Crippen molar-refractivity contribution in [2.24, 2.45) is 0 Å². The second-order valence-corrected chi connectivity index (χ2v) is 21.7. The average molecular weight is 987 g/mol. The number of hydrogen-bond donors (Lipinski definition) is 3. The average Bonchev–Trinajstić information content (AvgIpc) is 3.36. The van der Waals surface area contributed by atoms with E-state index in [1.807, 2.05) is 0 Å². The van der Waals surface area contributed by atoms with Crippen molar-refractivity contribution in [1.29, 1.82) is 0 Å². The van der Waals surface area contributed by atoms with Crippen LogP contribution in [0.2, 0.25) is 0 Å². The number of esters is 1. The molecular formula is C64H123NO5. The first-order valence-corrected chi connectivity index (χ1v) is 31.6. The van der Waals surface area contributed by atoms with Gasteiger partial charge in [0.1, 0.15) is 0 Å². The van der Waals surface area contributed by atoms with E-state index in [-0.39, 0.29) is 18.5 Å². The zero-order valence-electron chi connectivity index (χ0n) is 47.3. The van der Waals surface area contributed by atoms with Crippen LogP contribution in [-0.4, -0.2) is 47.4 Å². The molecule has 2 atom stereocenters. The first kappa shape index (κ1) is 68.3. The number of rotatable bonds is 59. The number of unbranched alkanes of at least 4 members (excludes halogenated alkanes) is 44. The Labute approximate surface area is 437 Å². The molecule has 2 unspecified atom stereocenters. The van der Waals surface area contributed by atoms with Crippen LogP contribution in [0.5, 0.6) is 0 Å². The molecule has 0 aromatic carbocycles. The van der Waals surface area contributed by atoms with Gasteiger partial charge in [-0.3, -0.25) is 9.59 Å². The molecule has 6 heteroatoms. The molecule has 6 nitrogen and oxygen atoms in total. The topological polar surface area (TPSA) is 95.9 Å². The van der Waals surface area contributed by atoms with Gasteiger partial charge in [-0.2, -0.15) is 0 Å². The van der Waals surface area contributed by atoms with Gasteiger partial charge in [0.25, 0.3) is 0 Å². The van der Waals surface area contributed by atoms with Crippen LogP contribution in [0.25, 0.3) is 0 Å². The highest BCUT2D eigenvalue weighted by Crippen LogP contribution is 2.18. The molecule has 0 rings (SSSR count). The maximum atomic E-state index is 12.5. The summed E-state index contributed by atoms with van der Waals surface area (Å²) < 4.78 is 5.49. The molecule has 0 aliphatic rings. The summed E-state index contributed by atoms with van der Waals surface area (Å²) in [6.45, 7) is 4.95. The van der Waals surface area contributed by atoms with Gasteiger partial charge in [-0.05, 0) is 57.8 Å². The second kappa shape index (κ2) is 59.9. The Kier molecular flexibility index (Phi) is 58.5. The van der Waals surface area contributed by atoms with Crippen LogP contribution in [0.4, 0.5) is 0 Å². The van der Waals surface area contributed by atoms with Crippen LogP contribution < -0.4 is 5.32 Å². The van der Waals surface area contributed by atoms with E-state index in [4.69, 9.17) is 4.74 Å². The van der Waals surface area contributed by atoms with E-state index in [1.165, 1.54) is 263 Å². The molecule has 414 valence electrons. The van der Waals surface area contributed by atoms with E-state index in [2.05, 4.69) is 43.5 Å². The monoisotopic (exact) mass is 986 g/mol. The highest BCUT2D eigenvalue weighted by atomic mass is 16.5. The van der Waals surface area contributed by atoms with Gasteiger partial charge in [0.2, 0.25) is 5.91 Å². The number of carbonyl (C=O) groups is 2. The molecular weight excluding hydrogens is 863 g/mol. The molecule has 0 saturated heterocycles. The lowest BCUT2D eigenvalue weighted by atomic mass is 10.0. The Morgan fingerprint density at radius 2 is 0.714 bits per heavy atom. The van der Waals surface area contributed by atoms with E-state index in [0.717, 1.165) is 51.4 Å². The van der Waals surface area contributed by atoms with Crippen LogP contribution in [0.3, 0.4) is 0 Å². The fourth-order valence-electron chi connectivity index (χ4n) is 9.91. The van der Waals surface area contributed by atoms with Crippen molar-refractivity contribution < 1.29 is 24.5 Å². The van der Waals surface area contributed by atoms with E-state index < -0.39 is 12.1 Å². The molecule has 0 radical (unpaired) electrons. The van der Waals surface area contributed by atoms with Gasteiger partial charge < -0.3 is 20.3 Å².